The van der Waals surface area contributed by atoms with E-state index in [1.165, 1.54) is 19.3 Å². The minimum atomic E-state index is -0.258. The number of nitrogens with zero attached hydrogens (tertiary/aromatic N) is 2. The van der Waals surface area contributed by atoms with Gasteiger partial charge in [-0.25, -0.2) is 9.97 Å². The highest BCUT2D eigenvalue weighted by Gasteiger charge is 2.36. The number of rotatable bonds is 5. The highest BCUT2D eigenvalue weighted by atomic mass is 16.5. The van der Waals surface area contributed by atoms with Crippen LogP contribution in [0.3, 0.4) is 0 Å². The summed E-state index contributed by atoms with van der Waals surface area (Å²) in [6.07, 6.45) is 7.61. The summed E-state index contributed by atoms with van der Waals surface area (Å²) in [6.45, 7) is 5.06. The Bertz CT molecular complexity index is 400. The molecule has 1 aliphatic carbocycles. The molecule has 0 spiro atoms. The molecule has 4 heteroatoms. The van der Waals surface area contributed by atoms with Crippen molar-refractivity contribution in [2.75, 3.05) is 7.11 Å². The Labute approximate surface area is 116 Å². The molecule has 0 radical (unpaired) electrons. The van der Waals surface area contributed by atoms with E-state index in [4.69, 9.17) is 9.72 Å². The summed E-state index contributed by atoms with van der Waals surface area (Å²) in [5.41, 5.74) is 0.784. The number of hydrogen-bond donors (Lipinski definition) is 1. The van der Waals surface area contributed by atoms with Crippen LogP contribution in [0.1, 0.15) is 57.5 Å². The molecule has 2 rings (SSSR count). The van der Waals surface area contributed by atoms with Crippen molar-refractivity contribution in [3.8, 4) is 0 Å². The summed E-state index contributed by atoms with van der Waals surface area (Å²) >= 11 is 0. The average molecular weight is 263 g/mol. The average Bonchev–Trinajstić information content (AvgIpc) is 2.46. The van der Waals surface area contributed by atoms with E-state index in [-0.39, 0.29) is 5.60 Å². The predicted molar refractivity (Wildman–Crippen MR) is 75.8 cm³/mol. The van der Waals surface area contributed by atoms with Gasteiger partial charge in [0.15, 0.2) is 5.82 Å². The van der Waals surface area contributed by atoms with E-state index < -0.39 is 0 Å². The largest absolute Gasteiger partial charge is 0.370 e. The van der Waals surface area contributed by atoms with Gasteiger partial charge in [0.25, 0.3) is 0 Å². The molecule has 1 aromatic rings. The van der Waals surface area contributed by atoms with Gasteiger partial charge in [-0.2, -0.15) is 0 Å². The Morgan fingerprint density at radius 2 is 2.05 bits per heavy atom. The molecule has 1 saturated carbocycles. The molecule has 19 heavy (non-hydrogen) atoms. The second-order valence-electron chi connectivity index (χ2n) is 5.67. The van der Waals surface area contributed by atoms with Crippen LogP contribution in [-0.2, 0) is 16.9 Å². The molecule has 1 aliphatic rings. The molecule has 4 nitrogen and oxygen atoms in total. The van der Waals surface area contributed by atoms with Crippen molar-refractivity contribution in [2.45, 2.75) is 64.1 Å². The van der Waals surface area contributed by atoms with Gasteiger partial charge in [0.2, 0.25) is 0 Å². The van der Waals surface area contributed by atoms with Crippen molar-refractivity contribution < 1.29 is 4.74 Å². The van der Waals surface area contributed by atoms with Crippen molar-refractivity contribution in [1.82, 2.24) is 15.3 Å². The van der Waals surface area contributed by atoms with E-state index in [2.05, 4.69) is 24.1 Å². The molecule has 0 aliphatic heterocycles. The highest BCUT2D eigenvalue weighted by Crippen LogP contribution is 2.38. The molecular formula is C15H25N3O. The van der Waals surface area contributed by atoms with E-state index in [0.29, 0.717) is 6.04 Å². The van der Waals surface area contributed by atoms with Crippen LogP contribution in [0.5, 0.6) is 0 Å². The van der Waals surface area contributed by atoms with Gasteiger partial charge < -0.3 is 10.1 Å². The van der Waals surface area contributed by atoms with E-state index in [1.54, 1.807) is 7.11 Å². The maximum Gasteiger partial charge on any atom is 0.160 e. The molecule has 0 amide bonds. The normalized spacial score (nSPS) is 18.7. The fraction of sp³-hybridized carbons (Fsp3) is 0.733. The van der Waals surface area contributed by atoms with Crippen LogP contribution in [0, 0.1) is 0 Å². The zero-order valence-electron chi connectivity index (χ0n) is 12.3. The minimum Gasteiger partial charge on any atom is -0.370 e. The monoisotopic (exact) mass is 263 g/mol. The topological polar surface area (TPSA) is 47.0 Å². The maximum atomic E-state index is 5.80. The quantitative estimate of drug-likeness (QED) is 0.887. The van der Waals surface area contributed by atoms with Crippen LogP contribution in [-0.4, -0.2) is 23.1 Å². The van der Waals surface area contributed by atoms with Crippen LogP contribution < -0.4 is 5.32 Å². The molecule has 0 aromatic carbocycles. The van der Waals surface area contributed by atoms with Crippen LogP contribution in [0.15, 0.2) is 12.3 Å². The lowest BCUT2D eigenvalue weighted by molar-refractivity contribution is -0.0516. The predicted octanol–water partition coefficient (Wildman–Crippen LogP) is 2.78. The molecule has 1 heterocycles. The molecule has 1 aromatic heterocycles. The molecule has 106 valence electrons. The van der Waals surface area contributed by atoms with Gasteiger partial charge in [-0.15, -0.1) is 0 Å². The lowest BCUT2D eigenvalue weighted by Gasteiger charge is -2.34. The first kappa shape index (κ1) is 14.4. The number of nitrogens with one attached hydrogen (secondary N) is 1. The van der Waals surface area contributed by atoms with Crippen LogP contribution in [0.25, 0.3) is 0 Å². The van der Waals surface area contributed by atoms with Gasteiger partial charge in [-0.05, 0) is 18.9 Å². The second-order valence-corrected chi connectivity index (χ2v) is 5.67. The Morgan fingerprint density at radius 3 is 2.68 bits per heavy atom. The number of methoxy groups -OCH3 is 1. The molecule has 0 saturated heterocycles. The Morgan fingerprint density at radius 1 is 1.32 bits per heavy atom. The first-order valence-corrected chi connectivity index (χ1v) is 7.27. The van der Waals surface area contributed by atoms with Crippen molar-refractivity contribution in [3.05, 3.63) is 23.8 Å². The Hall–Kier alpha value is -1.00. The molecule has 0 unspecified atom stereocenters. The lowest BCUT2D eigenvalue weighted by atomic mass is 9.84. The number of aromatic nitrogens is 2. The third-order valence-electron chi connectivity index (χ3n) is 3.86. The summed E-state index contributed by atoms with van der Waals surface area (Å²) < 4.78 is 5.80. The van der Waals surface area contributed by atoms with Gasteiger partial charge in [-0.1, -0.05) is 33.1 Å². The Balaban J connectivity index is 2.16. The standard InChI is InChI=1S/C15H25N3O/c1-12(2)17-11-13-7-10-16-14(18-13)15(19-3)8-5-4-6-9-15/h7,10,12,17H,4-6,8-9,11H2,1-3H3. The third-order valence-corrected chi connectivity index (χ3v) is 3.86. The maximum absolute atomic E-state index is 5.80. The van der Waals surface area contributed by atoms with E-state index in [9.17, 15) is 0 Å². The van der Waals surface area contributed by atoms with Crippen molar-refractivity contribution in [2.24, 2.45) is 0 Å². The summed E-state index contributed by atoms with van der Waals surface area (Å²) in [4.78, 5) is 9.18. The van der Waals surface area contributed by atoms with Gasteiger partial charge in [0.1, 0.15) is 5.60 Å². The van der Waals surface area contributed by atoms with E-state index in [1.807, 2.05) is 12.3 Å². The molecular weight excluding hydrogens is 238 g/mol. The third kappa shape index (κ3) is 3.51. The van der Waals surface area contributed by atoms with Gasteiger partial charge in [0.05, 0.1) is 5.69 Å². The first-order valence-electron chi connectivity index (χ1n) is 7.27. The Kier molecular flexibility index (Phi) is 4.88. The molecule has 0 bridgehead atoms. The SMILES string of the molecule is COC1(c2nccc(CNC(C)C)n2)CCCCC1. The first-order chi connectivity index (χ1) is 9.16. The van der Waals surface area contributed by atoms with Gasteiger partial charge in [-0.3, -0.25) is 0 Å². The fourth-order valence-electron chi connectivity index (χ4n) is 2.66. The zero-order chi connectivity index (χ0) is 13.7. The molecule has 1 N–H and O–H groups in total. The van der Waals surface area contributed by atoms with Crippen molar-refractivity contribution in [1.29, 1.82) is 0 Å². The van der Waals surface area contributed by atoms with Gasteiger partial charge in [0, 0.05) is 25.9 Å². The molecule has 1 fully saturated rings. The van der Waals surface area contributed by atoms with Crippen LogP contribution in [0.2, 0.25) is 0 Å². The number of hydrogen-bond acceptors (Lipinski definition) is 4. The van der Waals surface area contributed by atoms with E-state index >= 15 is 0 Å². The van der Waals surface area contributed by atoms with Crippen molar-refractivity contribution in [3.63, 3.8) is 0 Å². The van der Waals surface area contributed by atoms with Crippen LogP contribution >= 0.6 is 0 Å². The summed E-state index contributed by atoms with van der Waals surface area (Å²) in [5.74, 6) is 0.859. The summed E-state index contributed by atoms with van der Waals surface area (Å²) in [6, 6.07) is 2.44. The smallest absolute Gasteiger partial charge is 0.160 e. The summed E-state index contributed by atoms with van der Waals surface area (Å²) in [5, 5.41) is 3.39. The molecule has 0 atom stereocenters. The summed E-state index contributed by atoms with van der Waals surface area (Å²) in [7, 11) is 1.79. The fourth-order valence-corrected chi connectivity index (χ4v) is 2.66. The van der Waals surface area contributed by atoms with Crippen LogP contribution in [0.4, 0.5) is 0 Å². The number of ether oxygens (including phenoxy) is 1. The van der Waals surface area contributed by atoms with Gasteiger partial charge >= 0.3 is 0 Å². The highest BCUT2D eigenvalue weighted by molar-refractivity contribution is 5.09. The second kappa shape index (κ2) is 6.44. The lowest BCUT2D eigenvalue weighted by Crippen LogP contribution is -2.34. The van der Waals surface area contributed by atoms with Crippen molar-refractivity contribution >= 4 is 0 Å². The minimum absolute atomic E-state index is 0.258. The zero-order valence-corrected chi connectivity index (χ0v) is 12.3. The van der Waals surface area contributed by atoms with E-state index in [0.717, 1.165) is 30.9 Å².